The highest BCUT2D eigenvalue weighted by molar-refractivity contribution is 8.00. The highest BCUT2D eigenvalue weighted by Crippen LogP contribution is 2.37. The fraction of sp³-hybridized carbons (Fsp3) is 0.500. The topological polar surface area (TPSA) is 117 Å². The molecule has 1 aliphatic rings. The molecular weight excluding hydrogens is 412 g/mol. The molecule has 2 rings (SSSR count). The largest absolute Gasteiger partial charge is 0.506 e. The fourth-order valence-corrected chi connectivity index (χ4v) is 5.31. The number of thioether (sulfide) groups is 1. The van der Waals surface area contributed by atoms with E-state index in [0.717, 1.165) is 19.1 Å². The van der Waals surface area contributed by atoms with Crippen molar-refractivity contribution in [2.45, 2.75) is 36.5 Å². The Morgan fingerprint density at radius 2 is 2.03 bits per heavy atom. The van der Waals surface area contributed by atoms with E-state index in [1.807, 2.05) is 6.92 Å². The Morgan fingerprint density at radius 3 is 2.55 bits per heavy atom. The predicted octanol–water partition coefficient (Wildman–Crippen LogP) is 2.97. The zero-order valence-corrected chi connectivity index (χ0v) is 18.8. The van der Waals surface area contributed by atoms with Crippen molar-refractivity contribution in [1.82, 2.24) is 5.32 Å². The first-order chi connectivity index (χ1) is 13.6. The van der Waals surface area contributed by atoms with Crippen LogP contribution in [0.3, 0.4) is 0 Å². The van der Waals surface area contributed by atoms with Gasteiger partial charge in [-0.15, -0.1) is 11.8 Å². The number of amides is 1. The Hall–Kier alpha value is -1.84. The van der Waals surface area contributed by atoms with Crippen molar-refractivity contribution in [3.8, 4) is 0 Å². The Balaban J connectivity index is 2.58. The van der Waals surface area contributed by atoms with Crippen LogP contribution in [-0.4, -0.2) is 57.4 Å². The number of aliphatic hydroxyl groups is 1. The standard InChI is InChI=1S/C20H28N2O5S2/c1-5-27-10-11-28-19-12(2)14(8-9-15(19)29(4,25)26)18(23)16(20(24)22-3)17(21)13-6-7-13/h8-9,13,21,23H,5-7,10-11H2,1-4H3,(H,22,24). The van der Waals surface area contributed by atoms with Crippen molar-refractivity contribution >= 4 is 39.0 Å². The van der Waals surface area contributed by atoms with Crippen LogP contribution in [0.5, 0.6) is 0 Å². The molecule has 3 N–H and O–H groups in total. The van der Waals surface area contributed by atoms with E-state index in [-0.39, 0.29) is 27.9 Å². The summed E-state index contributed by atoms with van der Waals surface area (Å²) >= 11 is 1.33. The van der Waals surface area contributed by atoms with Gasteiger partial charge in [0.25, 0.3) is 5.91 Å². The van der Waals surface area contributed by atoms with E-state index in [4.69, 9.17) is 10.1 Å². The van der Waals surface area contributed by atoms with E-state index in [9.17, 15) is 18.3 Å². The SMILES string of the molecule is CCOCCSc1c(S(C)(=O)=O)ccc(C(O)=C(C(=N)C2CC2)C(=O)NC)c1C. The molecule has 0 saturated heterocycles. The minimum Gasteiger partial charge on any atom is -0.506 e. The second-order valence-electron chi connectivity index (χ2n) is 6.87. The van der Waals surface area contributed by atoms with Crippen LogP contribution in [0, 0.1) is 18.3 Å². The van der Waals surface area contributed by atoms with Gasteiger partial charge in [-0.2, -0.15) is 0 Å². The summed E-state index contributed by atoms with van der Waals surface area (Å²) in [7, 11) is -2.03. The van der Waals surface area contributed by atoms with Crippen molar-refractivity contribution in [1.29, 1.82) is 5.41 Å². The van der Waals surface area contributed by atoms with Gasteiger partial charge in [0, 0.05) is 42.0 Å². The molecule has 0 aromatic heterocycles. The number of aliphatic hydroxyl groups excluding tert-OH is 1. The Kier molecular flexibility index (Phi) is 7.90. The maximum Gasteiger partial charge on any atom is 0.256 e. The maximum absolute atomic E-state index is 12.4. The minimum absolute atomic E-state index is 0.0277. The number of nitrogens with one attached hydrogen (secondary N) is 2. The van der Waals surface area contributed by atoms with Crippen molar-refractivity contribution < 1.29 is 23.1 Å². The van der Waals surface area contributed by atoms with Gasteiger partial charge in [0.1, 0.15) is 11.3 Å². The van der Waals surface area contributed by atoms with Crippen LogP contribution in [0.4, 0.5) is 0 Å². The molecule has 1 aromatic rings. The number of sulfone groups is 1. The molecule has 0 spiro atoms. The average molecular weight is 441 g/mol. The number of carbonyl (C=O) groups is 1. The fourth-order valence-electron chi connectivity index (χ4n) is 2.93. The van der Waals surface area contributed by atoms with E-state index in [1.165, 1.54) is 30.9 Å². The van der Waals surface area contributed by atoms with Crippen LogP contribution < -0.4 is 5.32 Å². The lowest BCUT2D eigenvalue weighted by atomic mass is 9.98. The van der Waals surface area contributed by atoms with Crippen LogP contribution >= 0.6 is 11.8 Å². The third-order valence-corrected chi connectivity index (χ3v) is 7.10. The lowest BCUT2D eigenvalue weighted by molar-refractivity contribution is -0.116. The summed E-state index contributed by atoms with van der Waals surface area (Å²) in [6.07, 6.45) is 2.77. The number of likely N-dealkylation sites (N-methyl/N-ethyl adjacent to an activating group) is 1. The first-order valence-electron chi connectivity index (χ1n) is 9.42. The second kappa shape index (κ2) is 9.77. The molecule has 0 aliphatic heterocycles. The number of benzene rings is 1. The molecular formula is C20H28N2O5S2. The summed E-state index contributed by atoms with van der Waals surface area (Å²) in [5, 5.41) is 21.7. The van der Waals surface area contributed by atoms with Crippen molar-refractivity contribution in [3.63, 3.8) is 0 Å². The van der Waals surface area contributed by atoms with Gasteiger partial charge in [0.15, 0.2) is 9.84 Å². The Labute approximate surface area is 176 Å². The third-order valence-electron chi connectivity index (χ3n) is 4.65. The number of hydrogen-bond acceptors (Lipinski definition) is 7. The molecule has 29 heavy (non-hydrogen) atoms. The molecule has 0 atom stereocenters. The van der Waals surface area contributed by atoms with Gasteiger partial charge < -0.3 is 20.6 Å². The van der Waals surface area contributed by atoms with Crippen LogP contribution in [0.1, 0.15) is 30.9 Å². The first-order valence-corrected chi connectivity index (χ1v) is 12.3. The molecule has 1 fully saturated rings. The van der Waals surface area contributed by atoms with Crippen LogP contribution in [0.2, 0.25) is 0 Å². The third kappa shape index (κ3) is 5.61. The highest BCUT2D eigenvalue weighted by atomic mass is 32.2. The second-order valence-corrected chi connectivity index (χ2v) is 9.96. The molecule has 0 radical (unpaired) electrons. The van der Waals surface area contributed by atoms with Crippen molar-refractivity contribution in [2.75, 3.05) is 32.3 Å². The number of hydrogen-bond donors (Lipinski definition) is 3. The molecule has 0 heterocycles. The van der Waals surface area contributed by atoms with Gasteiger partial charge in [0.05, 0.1) is 17.2 Å². The lowest BCUT2D eigenvalue weighted by Crippen LogP contribution is -2.27. The monoisotopic (exact) mass is 440 g/mol. The van der Waals surface area contributed by atoms with Crippen LogP contribution in [0.15, 0.2) is 27.5 Å². The highest BCUT2D eigenvalue weighted by Gasteiger charge is 2.34. The number of ether oxygens (including phenoxy) is 1. The number of rotatable bonds is 10. The summed E-state index contributed by atoms with van der Waals surface area (Å²) in [4.78, 5) is 13.1. The summed E-state index contributed by atoms with van der Waals surface area (Å²) in [6, 6.07) is 2.94. The molecule has 7 nitrogen and oxygen atoms in total. The molecule has 9 heteroatoms. The maximum atomic E-state index is 12.4. The van der Waals surface area contributed by atoms with E-state index >= 15 is 0 Å². The van der Waals surface area contributed by atoms with Crippen molar-refractivity contribution in [2.24, 2.45) is 5.92 Å². The lowest BCUT2D eigenvalue weighted by Gasteiger charge is -2.17. The van der Waals surface area contributed by atoms with E-state index in [1.54, 1.807) is 6.92 Å². The Bertz CT molecular complexity index is 934. The normalized spacial score (nSPS) is 15.0. The summed E-state index contributed by atoms with van der Waals surface area (Å²) in [5.74, 6) is -0.312. The van der Waals surface area contributed by atoms with Crippen LogP contribution in [0.25, 0.3) is 5.76 Å². The quantitative estimate of drug-likeness (QED) is 0.169. The van der Waals surface area contributed by atoms with Gasteiger partial charge in [-0.1, -0.05) is 0 Å². The van der Waals surface area contributed by atoms with Crippen molar-refractivity contribution in [3.05, 3.63) is 28.8 Å². The average Bonchev–Trinajstić information content (AvgIpc) is 3.50. The van der Waals surface area contributed by atoms with Gasteiger partial charge in [-0.05, 0) is 44.4 Å². The van der Waals surface area contributed by atoms with Gasteiger partial charge in [-0.25, -0.2) is 8.42 Å². The van der Waals surface area contributed by atoms with E-state index in [2.05, 4.69) is 5.32 Å². The molecule has 1 aromatic carbocycles. The summed E-state index contributed by atoms with van der Waals surface area (Å²) in [6.45, 7) is 4.63. The van der Waals surface area contributed by atoms with Gasteiger partial charge >= 0.3 is 0 Å². The number of carbonyl (C=O) groups excluding carboxylic acids is 1. The molecule has 1 aliphatic carbocycles. The summed E-state index contributed by atoms with van der Waals surface area (Å²) < 4.78 is 29.8. The van der Waals surface area contributed by atoms with E-state index in [0.29, 0.717) is 35.0 Å². The molecule has 1 amide bonds. The zero-order valence-electron chi connectivity index (χ0n) is 17.2. The molecule has 1 saturated carbocycles. The van der Waals surface area contributed by atoms with Gasteiger partial charge in [-0.3, -0.25) is 4.79 Å². The Morgan fingerprint density at radius 1 is 1.38 bits per heavy atom. The van der Waals surface area contributed by atoms with E-state index < -0.39 is 15.7 Å². The predicted molar refractivity (Wildman–Crippen MR) is 116 cm³/mol. The smallest absolute Gasteiger partial charge is 0.256 e. The molecule has 160 valence electrons. The van der Waals surface area contributed by atoms with Gasteiger partial charge in [0.2, 0.25) is 0 Å². The van der Waals surface area contributed by atoms with Crippen LogP contribution in [-0.2, 0) is 19.4 Å². The molecule has 0 bridgehead atoms. The zero-order chi connectivity index (χ0) is 21.8. The molecule has 0 unspecified atom stereocenters. The summed E-state index contributed by atoms with van der Waals surface area (Å²) in [5.41, 5.74) is 0.951. The minimum atomic E-state index is -3.48. The first kappa shape index (κ1) is 23.4.